The Balaban J connectivity index is 1.17. The predicted molar refractivity (Wildman–Crippen MR) is 146 cm³/mol. The van der Waals surface area contributed by atoms with Gasteiger partial charge in [0, 0.05) is 50.9 Å². The van der Waals surface area contributed by atoms with Crippen molar-refractivity contribution in [1.29, 1.82) is 0 Å². The van der Waals surface area contributed by atoms with E-state index in [1.807, 2.05) is 11.8 Å². The number of aliphatic carboxylic acids is 1. The number of ketones is 1. The molecule has 228 valence electrons. The highest BCUT2D eigenvalue weighted by Gasteiger charge is 2.42. The molecule has 10 nitrogen and oxygen atoms in total. The molecule has 13 heteroatoms. The number of carboxylic acid groups (broad SMARTS) is 1. The van der Waals surface area contributed by atoms with Crippen molar-refractivity contribution in [2.24, 2.45) is 17.8 Å². The number of halogens is 3. The summed E-state index contributed by atoms with van der Waals surface area (Å²) in [5.74, 6) is -2.55. The molecule has 3 aliphatic rings. The Morgan fingerprint density at radius 3 is 2.26 bits per heavy atom. The third-order valence-corrected chi connectivity index (χ3v) is 8.60. The van der Waals surface area contributed by atoms with E-state index in [1.54, 1.807) is 23.2 Å². The minimum absolute atomic E-state index is 0.0778. The lowest BCUT2D eigenvalue weighted by Gasteiger charge is -2.38. The fraction of sp³-hybridized carbons (Fsp3) is 0.621. The first-order valence-corrected chi connectivity index (χ1v) is 14.6. The number of rotatable bonds is 7. The molecule has 42 heavy (non-hydrogen) atoms. The largest absolute Gasteiger partial charge is 0.481 e. The van der Waals surface area contributed by atoms with Crippen molar-refractivity contribution in [1.82, 2.24) is 14.9 Å². The zero-order chi connectivity index (χ0) is 30.0. The molecule has 1 N–H and O–H groups in total. The summed E-state index contributed by atoms with van der Waals surface area (Å²) in [6.07, 6.45) is 0.423. The fourth-order valence-electron chi connectivity index (χ4n) is 6.17. The molecule has 5 rings (SSSR count). The van der Waals surface area contributed by atoms with Crippen LogP contribution >= 0.6 is 0 Å². The van der Waals surface area contributed by atoms with Gasteiger partial charge >= 0.3 is 12.1 Å². The van der Waals surface area contributed by atoms with Crippen LogP contribution in [0.4, 0.5) is 24.9 Å². The van der Waals surface area contributed by atoms with Crippen LogP contribution in [0, 0.1) is 17.8 Å². The molecule has 1 amide bonds. The number of pyridine rings is 1. The molecule has 0 radical (unpaired) electrons. The van der Waals surface area contributed by atoms with Gasteiger partial charge in [-0.1, -0.05) is 6.92 Å². The van der Waals surface area contributed by atoms with Crippen LogP contribution in [-0.2, 0) is 22.2 Å². The average Bonchev–Trinajstić information content (AvgIpc) is 3.44. The van der Waals surface area contributed by atoms with Gasteiger partial charge in [0.25, 0.3) is 6.01 Å². The van der Waals surface area contributed by atoms with E-state index in [0.29, 0.717) is 70.6 Å². The molecule has 1 atom stereocenters. The molecule has 1 saturated carbocycles. The van der Waals surface area contributed by atoms with Gasteiger partial charge in [-0.2, -0.15) is 18.2 Å². The number of alkyl halides is 3. The Morgan fingerprint density at radius 1 is 0.976 bits per heavy atom. The normalized spacial score (nSPS) is 23.6. The Labute approximate surface area is 241 Å². The molecule has 1 unspecified atom stereocenters. The number of nitrogens with zero attached hydrogens (tertiary/aromatic N) is 5. The molecule has 4 heterocycles. The highest BCUT2D eigenvalue weighted by atomic mass is 19.4. The van der Waals surface area contributed by atoms with Crippen molar-refractivity contribution in [2.75, 3.05) is 49.1 Å². The topological polar surface area (TPSA) is 120 Å². The molecule has 0 spiro atoms. The summed E-state index contributed by atoms with van der Waals surface area (Å²) in [5, 5.41) is 9.18. The molecule has 1 aliphatic carbocycles. The van der Waals surface area contributed by atoms with Crippen molar-refractivity contribution >= 4 is 29.4 Å². The van der Waals surface area contributed by atoms with Gasteiger partial charge in [0.1, 0.15) is 0 Å². The number of aromatic nitrogens is 2. The zero-order valence-electron chi connectivity index (χ0n) is 23.6. The summed E-state index contributed by atoms with van der Waals surface area (Å²) in [6, 6.07) is 3.21. The van der Waals surface area contributed by atoms with Gasteiger partial charge in [0.2, 0.25) is 17.5 Å². The highest BCUT2D eigenvalue weighted by molar-refractivity contribution is 5.96. The molecule has 2 aliphatic heterocycles. The highest BCUT2D eigenvalue weighted by Crippen LogP contribution is 2.36. The summed E-state index contributed by atoms with van der Waals surface area (Å²) in [6.45, 7) is 5.28. The quantitative estimate of drug-likeness (QED) is 0.470. The molecule has 0 aromatic carbocycles. The van der Waals surface area contributed by atoms with Gasteiger partial charge in [-0.15, -0.1) is 0 Å². The van der Waals surface area contributed by atoms with Crippen LogP contribution in [0.2, 0.25) is 0 Å². The second-order valence-electron chi connectivity index (χ2n) is 11.7. The number of anilines is 2. The summed E-state index contributed by atoms with van der Waals surface area (Å²) in [5.41, 5.74) is -0.204. The van der Waals surface area contributed by atoms with Crippen LogP contribution in [0.3, 0.4) is 0 Å². The summed E-state index contributed by atoms with van der Waals surface area (Å²) >= 11 is 0. The van der Waals surface area contributed by atoms with E-state index in [1.165, 1.54) is 0 Å². The number of piperazine rings is 1. The SMILES string of the molecule is CC1CCCN(c2nc(C(F)(F)F)c(C(=O)Cc3ccc(N4CCN(C(=O)C5CCC(C(=O)O)CC5)CC4)cn3)o2)C1. The number of carboxylic acids is 1. The summed E-state index contributed by atoms with van der Waals surface area (Å²) in [4.78, 5) is 50.6. The second kappa shape index (κ2) is 12.3. The van der Waals surface area contributed by atoms with Crippen LogP contribution < -0.4 is 9.80 Å². The maximum atomic E-state index is 13.7. The van der Waals surface area contributed by atoms with Crippen LogP contribution in [0.5, 0.6) is 0 Å². The van der Waals surface area contributed by atoms with Gasteiger partial charge in [0.05, 0.1) is 24.2 Å². The monoisotopic (exact) mass is 591 g/mol. The first-order chi connectivity index (χ1) is 20.0. The lowest BCUT2D eigenvalue weighted by atomic mass is 9.81. The number of hydrogen-bond donors (Lipinski definition) is 1. The van der Waals surface area contributed by atoms with Crippen LogP contribution in [-0.4, -0.2) is 76.9 Å². The van der Waals surface area contributed by atoms with Crippen molar-refractivity contribution in [3.63, 3.8) is 0 Å². The van der Waals surface area contributed by atoms with E-state index in [2.05, 4.69) is 14.9 Å². The smallest absolute Gasteiger partial charge is 0.437 e. The number of hydrogen-bond acceptors (Lipinski definition) is 8. The number of oxazole rings is 1. The average molecular weight is 592 g/mol. The van der Waals surface area contributed by atoms with Crippen molar-refractivity contribution < 1.29 is 37.1 Å². The minimum Gasteiger partial charge on any atom is -0.481 e. The van der Waals surface area contributed by atoms with Crippen LogP contribution in [0.15, 0.2) is 22.7 Å². The van der Waals surface area contributed by atoms with Gasteiger partial charge in [-0.25, -0.2) is 0 Å². The third-order valence-electron chi connectivity index (χ3n) is 8.60. The standard InChI is InChI=1S/C29H36F3N5O5/c1-18-3-2-10-37(17-18)28-34-25(29(30,31)32)24(42-28)23(38)15-21-8-9-22(16-33-21)35-11-13-36(14-12-35)26(39)19-4-6-20(7-5-19)27(40)41/h8-9,16,18-20H,2-7,10-15,17H2,1H3,(H,40,41). The van der Waals surface area contributed by atoms with E-state index in [-0.39, 0.29) is 36.1 Å². The molecule has 2 saturated heterocycles. The number of Topliss-reactive ketones (excluding diaryl/α,β-unsaturated/α-hetero) is 1. The molecule has 2 aromatic heterocycles. The van der Waals surface area contributed by atoms with E-state index in [9.17, 15) is 32.7 Å². The van der Waals surface area contributed by atoms with Crippen molar-refractivity contribution in [3.05, 3.63) is 35.5 Å². The second-order valence-corrected chi connectivity index (χ2v) is 11.7. The number of carbonyl (C=O) groups excluding carboxylic acids is 2. The van der Waals surface area contributed by atoms with Gasteiger partial charge in [-0.3, -0.25) is 19.4 Å². The number of piperidine rings is 1. The Hall–Kier alpha value is -3.64. The first kappa shape index (κ1) is 29.8. The molecule has 2 aromatic rings. The molecular weight excluding hydrogens is 555 g/mol. The fourth-order valence-corrected chi connectivity index (χ4v) is 6.17. The van der Waals surface area contributed by atoms with Crippen molar-refractivity contribution in [2.45, 2.75) is 58.0 Å². The van der Waals surface area contributed by atoms with Crippen molar-refractivity contribution in [3.8, 4) is 0 Å². The maximum Gasteiger partial charge on any atom is 0.437 e. The minimum atomic E-state index is -4.83. The summed E-state index contributed by atoms with van der Waals surface area (Å²) < 4.78 is 46.6. The molecule has 3 fully saturated rings. The lowest BCUT2D eigenvalue weighted by molar-refractivity contribution is -0.145. The first-order valence-electron chi connectivity index (χ1n) is 14.6. The summed E-state index contributed by atoms with van der Waals surface area (Å²) in [7, 11) is 0. The Morgan fingerprint density at radius 2 is 1.67 bits per heavy atom. The van der Waals surface area contributed by atoms with Crippen LogP contribution in [0.25, 0.3) is 0 Å². The number of amides is 1. The lowest BCUT2D eigenvalue weighted by Crippen LogP contribution is -2.50. The van der Waals surface area contributed by atoms with Gasteiger partial charge < -0.3 is 24.2 Å². The maximum absolute atomic E-state index is 13.7. The zero-order valence-corrected chi connectivity index (χ0v) is 23.6. The molecule has 0 bridgehead atoms. The van der Waals surface area contributed by atoms with E-state index in [4.69, 9.17) is 4.42 Å². The third kappa shape index (κ3) is 6.70. The van der Waals surface area contributed by atoms with Gasteiger partial charge in [-0.05, 0) is 56.6 Å². The van der Waals surface area contributed by atoms with E-state index < -0.39 is 29.4 Å². The van der Waals surface area contributed by atoms with Gasteiger partial charge in [0.15, 0.2) is 5.69 Å². The van der Waals surface area contributed by atoms with Crippen LogP contribution in [0.1, 0.15) is 67.4 Å². The van der Waals surface area contributed by atoms with E-state index in [0.717, 1.165) is 18.5 Å². The Kier molecular flexibility index (Phi) is 8.74. The number of carbonyl (C=O) groups is 3. The predicted octanol–water partition coefficient (Wildman–Crippen LogP) is 4.29. The Bertz CT molecular complexity index is 1280. The molecular formula is C29H36F3N5O5. The van der Waals surface area contributed by atoms with E-state index >= 15 is 0 Å².